The Morgan fingerprint density at radius 1 is 0.875 bits per heavy atom. The standard InChI is InChI=1S/C31H26FN5O3/c1-21(38)23-15-17-24(18-16-23)37(29(39)20-36-28-14-8-7-13-27(28)34-35-36)30(25-11-5-6-12-26(25)32)31(40)33-19-22-9-3-2-4-10-22/h2-18,30H,19-20H2,1H3,(H,33,40)/t30-/m0/s1. The summed E-state index contributed by atoms with van der Waals surface area (Å²) < 4.78 is 16.7. The van der Waals surface area contributed by atoms with E-state index in [4.69, 9.17) is 0 Å². The molecule has 0 aliphatic heterocycles. The molecule has 1 atom stereocenters. The molecule has 4 aromatic carbocycles. The van der Waals surface area contributed by atoms with Gasteiger partial charge in [-0.25, -0.2) is 9.07 Å². The van der Waals surface area contributed by atoms with E-state index in [0.717, 1.165) is 5.56 Å². The maximum atomic E-state index is 15.3. The number of carbonyl (C=O) groups excluding carboxylic acids is 3. The molecule has 5 rings (SSSR count). The number of rotatable bonds is 9. The van der Waals surface area contributed by atoms with E-state index in [2.05, 4.69) is 15.6 Å². The zero-order valence-electron chi connectivity index (χ0n) is 21.7. The summed E-state index contributed by atoms with van der Waals surface area (Å²) in [6.45, 7) is 1.36. The van der Waals surface area contributed by atoms with Crippen LogP contribution in [0.4, 0.5) is 10.1 Å². The number of anilines is 1. The lowest BCUT2D eigenvalue weighted by Crippen LogP contribution is -2.45. The molecule has 0 radical (unpaired) electrons. The molecule has 1 N–H and O–H groups in total. The molecule has 8 nitrogen and oxygen atoms in total. The molecule has 200 valence electrons. The first-order chi connectivity index (χ1) is 19.4. The molecule has 0 saturated heterocycles. The van der Waals surface area contributed by atoms with Gasteiger partial charge in [0.05, 0.1) is 5.52 Å². The van der Waals surface area contributed by atoms with E-state index in [-0.39, 0.29) is 24.4 Å². The fraction of sp³-hybridized carbons (Fsp3) is 0.129. The third kappa shape index (κ3) is 5.63. The molecular weight excluding hydrogens is 509 g/mol. The number of carbonyl (C=O) groups is 3. The molecule has 0 aliphatic carbocycles. The Labute approximate surface area is 230 Å². The van der Waals surface area contributed by atoms with E-state index in [1.807, 2.05) is 42.5 Å². The van der Waals surface area contributed by atoms with Crippen molar-refractivity contribution >= 4 is 34.3 Å². The zero-order chi connectivity index (χ0) is 28.1. The number of amides is 2. The second-order valence-corrected chi connectivity index (χ2v) is 9.23. The SMILES string of the molecule is CC(=O)c1ccc(N(C(=O)Cn2nnc3ccccc32)[C@H](C(=O)NCc2ccccc2)c2ccccc2F)cc1. The first-order valence-corrected chi connectivity index (χ1v) is 12.7. The monoisotopic (exact) mass is 535 g/mol. The van der Waals surface area contributed by atoms with Gasteiger partial charge in [-0.2, -0.15) is 0 Å². The van der Waals surface area contributed by atoms with Gasteiger partial charge in [-0.05, 0) is 55.0 Å². The van der Waals surface area contributed by atoms with Gasteiger partial charge in [0.25, 0.3) is 0 Å². The molecule has 40 heavy (non-hydrogen) atoms. The fourth-order valence-corrected chi connectivity index (χ4v) is 4.51. The van der Waals surface area contributed by atoms with Gasteiger partial charge in [-0.1, -0.05) is 65.9 Å². The topological polar surface area (TPSA) is 97.2 Å². The highest BCUT2D eigenvalue weighted by atomic mass is 19.1. The molecule has 0 bridgehead atoms. The maximum absolute atomic E-state index is 15.3. The number of hydrogen-bond donors (Lipinski definition) is 1. The second kappa shape index (κ2) is 11.7. The van der Waals surface area contributed by atoms with Gasteiger partial charge in [0.1, 0.15) is 23.9 Å². The van der Waals surface area contributed by atoms with Gasteiger partial charge in [-0.3, -0.25) is 19.3 Å². The van der Waals surface area contributed by atoms with Crippen molar-refractivity contribution in [3.05, 3.63) is 126 Å². The van der Waals surface area contributed by atoms with Crippen LogP contribution in [0.3, 0.4) is 0 Å². The van der Waals surface area contributed by atoms with Crippen molar-refractivity contribution in [1.82, 2.24) is 20.3 Å². The molecule has 2 amide bonds. The summed E-state index contributed by atoms with van der Waals surface area (Å²) in [5, 5.41) is 11.1. The summed E-state index contributed by atoms with van der Waals surface area (Å²) in [5.74, 6) is -1.87. The van der Waals surface area contributed by atoms with E-state index in [0.29, 0.717) is 22.3 Å². The lowest BCUT2D eigenvalue weighted by atomic mass is 10.0. The Morgan fingerprint density at radius 3 is 2.27 bits per heavy atom. The van der Waals surface area contributed by atoms with E-state index in [9.17, 15) is 14.4 Å². The third-order valence-corrected chi connectivity index (χ3v) is 6.54. The number of aromatic nitrogens is 3. The van der Waals surface area contributed by atoms with E-state index < -0.39 is 23.7 Å². The average Bonchev–Trinajstić information content (AvgIpc) is 3.38. The number of ketones is 1. The molecule has 1 aromatic heterocycles. The van der Waals surface area contributed by atoms with E-state index in [1.54, 1.807) is 42.5 Å². The van der Waals surface area contributed by atoms with Crippen LogP contribution < -0.4 is 10.2 Å². The van der Waals surface area contributed by atoms with Crippen molar-refractivity contribution in [2.45, 2.75) is 26.1 Å². The Morgan fingerprint density at radius 2 is 1.55 bits per heavy atom. The molecule has 5 aromatic rings. The highest BCUT2D eigenvalue weighted by Gasteiger charge is 2.35. The van der Waals surface area contributed by atoms with Crippen LogP contribution >= 0.6 is 0 Å². The number of nitrogens with one attached hydrogen (secondary N) is 1. The predicted molar refractivity (Wildman–Crippen MR) is 149 cm³/mol. The fourth-order valence-electron chi connectivity index (χ4n) is 4.51. The van der Waals surface area contributed by atoms with Gasteiger partial charge < -0.3 is 5.32 Å². The summed E-state index contributed by atoms with van der Waals surface area (Å²) in [5.41, 5.74) is 2.89. The van der Waals surface area contributed by atoms with Gasteiger partial charge in [0, 0.05) is 23.4 Å². The van der Waals surface area contributed by atoms with Crippen LogP contribution in [0.25, 0.3) is 11.0 Å². The number of benzene rings is 4. The normalized spacial score (nSPS) is 11.7. The van der Waals surface area contributed by atoms with Crippen LogP contribution in [-0.2, 0) is 22.7 Å². The van der Waals surface area contributed by atoms with Crippen molar-refractivity contribution in [2.24, 2.45) is 0 Å². The molecule has 9 heteroatoms. The van der Waals surface area contributed by atoms with Gasteiger partial charge >= 0.3 is 0 Å². The Kier molecular flexibility index (Phi) is 7.72. The van der Waals surface area contributed by atoms with Crippen molar-refractivity contribution in [3.8, 4) is 0 Å². The highest BCUT2D eigenvalue weighted by molar-refractivity contribution is 6.02. The van der Waals surface area contributed by atoms with Crippen molar-refractivity contribution in [2.75, 3.05) is 4.90 Å². The van der Waals surface area contributed by atoms with E-state index >= 15 is 4.39 Å². The Bertz CT molecular complexity index is 1670. The summed E-state index contributed by atoms with van der Waals surface area (Å²) in [6.07, 6.45) is 0. The number of Topliss-reactive ketones (excluding diaryl/α,β-unsaturated/α-hetero) is 1. The zero-order valence-corrected chi connectivity index (χ0v) is 21.7. The molecular formula is C31H26FN5O3. The van der Waals surface area contributed by atoms with Crippen LogP contribution in [0.15, 0.2) is 103 Å². The largest absolute Gasteiger partial charge is 0.350 e. The first kappa shape index (κ1) is 26.4. The first-order valence-electron chi connectivity index (χ1n) is 12.7. The minimum atomic E-state index is -1.35. The molecule has 0 saturated carbocycles. The minimum absolute atomic E-state index is 0.0282. The quantitative estimate of drug-likeness (QED) is 0.272. The van der Waals surface area contributed by atoms with Crippen LogP contribution in [0.5, 0.6) is 0 Å². The number of fused-ring (bicyclic) bond motifs is 1. The van der Waals surface area contributed by atoms with Crippen LogP contribution in [0.2, 0.25) is 0 Å². The lowest BCUT2D eigenvalue weighted by Gasteiger charge is -2.32. The molecule has 0 fully saturated rings. The number of hydrogen-bond acceptors (Lipinski definition) is 5. The summed E-state index contributed by atoms with van der Waals surface area (Å²) in [7, 11) is 0. The number of para-hydroxylation sites is 1. The molecule has 1 heterocycles. The summed E-state index contributed by atoms with van der Waals surface area (Å²) in [6, 6.07) is 27.3. The number of halogens is 1. The summed E-state index contributed by atoms with van der Waals surface area (Å²) >= 11 is 0. The van der Waals surface area contributed by atoms with Crippen LogP contribution in [0.1, 0.15) is 34.5 Å². The van der Waals surface area contributed by atoms with Gasteiger partial charge in [0.15, 0.2) is 5.78 Å². The minimum Gasteiger partial charge on any atom is -0.350 e. The highest BCUT2D eigenvalue weighted by Crippen LogP contribution is 2.31. The second-order valence-electron chi connectivity index (χ2n) is 9.23. The number of nitrogens with zero attached hydrogens (tertiary/aromatic N) is 4. The maximum Gasteiger partial charge on any atom is 0.249 e. The molecule has 0 unspecified atom stereocenters. The van der Waals surface area contributed by atoms with Crippen molar-refractivity contribution in [1.29, 1.82) is 0 Å². The third-order valence-electron chi connectivity index (χ3n) is 6.54. The van der Waals surface area contributed by atoms with Crippen LogP contribution in [-0.4, -0.2) is 32.6 Å². The smallest absolute Gasteiger partial charge is 0.249 e. The molecule has 0 spiro atoms. The van der Waals surface area contributed by atoms with E-state index in [1.165, 1.54) is 34.7 Å². The van der Waals surface area contributed by atoms with Crippen LogP contribution in [0, 0.1) is 5.82 Å². The van der Waals surface area contributed by atoms with Crippen molar-refractivity contribution in [3.63, 3.8) is 0 Å². The van der Waals surface area contributed by atoms with Gasteiger partial charge in [-0.15, -0.1) is 5.10 Å². The summed E-state index contributed by atoms with van der Waals surface area (Å²) in [4.78, 5) is 41.0. The molecule has 0 aliphatic rings. The predicted octanol–water partition coefficient (Wildman–Crippen LogP) is 4.86. The average molecular weight is 536 g/mol. The Hall–Kier alpha value is -5.18. The van der Waals surface area contributed by atoms with Gasteiger partial charge in [0.2, 0.25) is 11.8 Å². The van der Waals surface area contributed by atoms with Crippen molar-refractivity contribution < 1.29 is 18.8 Å². The lowest BCUT2D eigenvalue weighted by molar-refractivity contribution is -0.127. The Balaban J connectivity index is 1.58.